The van der Waals surface area contributed by atoms with Crippen molar-refractivity contribution in [1.82, 2.24) is 4.90 Å². The van der Waals surface area contributed by atoms with Gasteiger partial charge in [0.25, 0.3) is 17.5 Å². The Balaban J connectivity index is 1.75. The molecular weight excluding hydrogens is 438 g/mol. The molecule has 0 radical (unpaired) electrons. The number of carbonyl (C=O) groups excluding carboxylic acids is 2. The highest BCUT2D eigenvalue weighted by Crippen LogP contribution is 2.41. The summed E-state index contributed by atoms with van der Waals surface area (Å²) >= 11 is 1.36. The van der Waals surface area contributed by atoms with Gasteiger partial charge in [-0.2, -0.15) is 0 Å². The minimum Gasteiger partial charge on any atom is -0.339 e. The predicted molar refractivity (Wildman–Crippen MR) is 130 cm³/mol. The number of nitro groups is 1. The number of nitrogens with one attached hydrogen (secondary N) is 1. The average molecular weight is 464 g/mol. The third-order valence-corrected chi connectivity index (χ3v) is 7.27. The molecule has 1 aliphatic heterocycles. The van der Waals surface area contributed by atoms with Crippen molar-refractivity contribution >= 4 is 33.8 Å². The van der Waals surface area contributed by atoms with E-state index in [1.807, 2.05) is 42.2 Å². The SMILES string of the molecule is Cc1c(C(=O)Nc2sc(-c3ccccc3)c(C)c2C(=O)N2CCCCC2)cccc1[N+](=O)[O-]. The van der Waals surface area contributed by atoms with Gasteiger partial charge >= 0.3 is 0 Å². The number of likely N-dealkylation sites (tertiary alicyclic amines) is 1. The van der Waals surface area contributed by atoms with Crippen LogP contribution in [0, 0.1) is 24.0 Å². The molecule has 4 rings (SSSR count). The highest BCUT2D eigenvalue weighted by molar-refractivity contribution is 7.20. The smallest absolute Gasteiger partial charge is 0.273 e. The van der Waals surface area contributed by atoms with E-state index in [0.717, 1.165) is 35.3 Å². The van der Waals surface area contributed by atoms with Gasteiger partial charge in [-0.05, 0) is 50.3 Å². The van der Waals surface area contributed by atoms with Crippen molar-refractivity contribution < 1.29 is 14.5 Å². The van der Waals surface area contributed by atoms with E-state index in [0.29, 0.717) is 29.2 Å². The number of thiophene rings is 1. The number of nitrogens with zero attached hydrogens (tertiary/aromatic N) is 2. The second-order valence-corrected chi connectivity index (χ2v) is 9.16. The fourth-order valence-electron chi connectivity index (χ4n) is 4.22. The van der Waals surface area contributed by atoms with E-state index in [9.17, 15) is 19.7 Å². The molecule has 1 saturated heterocycles. The van der Waals surface area contributed by atoms with E-state index >= 15 is 0 Å². The van der Waals surface area contributed by atoms with Gasteiger partial charge in [0.15, 0.2) is 0 Å². The Bertz CT molecular complexity index is 1210. The first-order valence-electron chi connectivity index (χ1n) is 10.9. The topological polar surface area (TPSA) is 92.6 Å². The van der Waals surface area contributed by atoms with Gasteiger partial charge in [0.05, 0.1) is 10.5 Å². The van der Waals surface area contributed by atoms with E-state index in [2.05, 4.69) is 5.32 Å². The molecular formula is C25H25N3O4S. The lowest BCUT2D eigenvalue weighted by molar-refractivity contribution is -0.385. The van der Waals surface area contributed by atoms with Crippen molar-refractivity contribution in [3.05, 3.63) is 80.9 Å². The maximum Gasteiger partial charge on any atom is 0.273 e. The number of hydrogen-bond acceptors (Lipinski definition) is 5. The molecule has 1 N–H and O–H groups in total. The molecule has 1 fully saturated rings. The van der Waals surface area contributed by atoms with Crippen LogP contribution in [0.5, 0.6) is 0 Å². The van der Waals surface area contributed by atoms with Gasteiger partial charge in [-0.25, -0.2) is 0 Å². The fourth-order valence-corrected chi connectivity index (χ4v) is 5.42. The zero-order valence-electron chi connectivity index (χ0n) is 18.6. The van der Waals surface area contributed by atoms with E-state index in [4.69, 9.17) is 0 Å². The van der Waals surface area contributed by atoms with Crippen LogP contribution in [0.3, 0.4) is 0 Å². The summed E-state index contributed by atoms with van der Waals surface area (Å²) in [5, 5.41) is 14.7. The molecule has 33 heavy (non-hydrogen) atoms. The molecule has 1 aliphatic rings. The minimum absolute atomic E-state index is 0.0864. The molecule has 2 amide bonds. The van der Waals surface area contributed by atoms with Gasteiger partial charge in [-0.15, -0.1) is 11.3 Å². The number of rotatable bonds is 5. The van der Waals surface area contributed by atoms with Crippen LogP contribution in [0.15, 0.2) is 48.5 Å². The quantitative estimate of drug-likeness (QED) is 0.381. The monoisotopic (exact) mass is 463 g/mol. The van der Waals surface area contributed by atoms with Crippen LogP contribution < -0.4 is 5.32 Å². The number of hydrogen-bond donors (Lipinski definition) is 1. The van der Waals surface area contributed by atoms with Crippen LogP contribution in [0.4, 0.5) is 10.7 Å². The molecule has 0 bridgehead atoms. The van der Waals surface area contributed by atoms with E-state index in [1.165, 1.54) is 23.5 Å². The van der Waals surface area contributed by atoms with Gasteiger partial charge in [-0.3, -0.25) is 19.7 Å². The summed E-state index contributed by atoms with van der Waals surface area (Å²) in [5.74, 6) is -0.554. The van der Waals surface area contributed by atoms with E-state index in [1.54, 1.807) is 13.0 Å². The summed E-state index contributed by atoms with van der Waals surface area (Å²) in [7, 11) is 0. The molecule has 2 aromatic carbocycles. The molecule has 3 aromatic rings. The highest BCUT2D eigenvalue weighted by atomic mass is 32.1. The van der Waals surface area contributed by atoms with E-state index in [-0.39, 0.29) is 17.2 Å². The average Bonchev–Trinajstić information content (AvgIpc) is 3.15. The second-order valence-electron chi connectivity index (χ2n) is 8.14. The summed E-state index contributed by atoms with van der Waals surface area (Å²) in [6, 6.07) is 14.2. The van der Waals surface area contributed by atoms with Crippen LogP contribution in [-0.2, 0) is 0 Å². The molecule has 0 saturated carbocycles. The Kier molecular flexibility index (Phi) is 6.55. The maximum absolute atomic E-state index is 13.5. The normalized spacial score (nSPS) is 13.6. The van der Waals surface area contributed by atoms with Crippen LogP contribution >= 0.6 is 11.3 Å². The number of nitro benzene ring substituents is 1. The maximum atomic E-state index is 13.5. The second kappa shape index (κ2) is 9.54. The van der Waals surface area contributed by atoms with E-state index < -0.39 is 10.8 Å². The lowest BCUT2D eigenvalue weighted by Crippen LogP contribution is -2.36. The summed E-state index contributed by atoms with van der Waals surface area (Å²) in [6.07, 6.45) is 3.04. The first kappa shape index (κ1) is 22.7. The molecule has 0 unspecified atom stereocenters. The molecule has 0 spiro atoms. The number of piperidine rings is 1. The summed E-state index contributed by atoms with van der Waals surface area (Å²) in [5.41, 5.74) is 2.69. The Morgan fingerprint density at radius 2 is 1.67 bits per heavy atom. The summed E-state index contributed by atoms with van der Waals surface area (Å²) in [6.45, 7) is 4.87. The van der Waals surface area contributed by atoms with Crippen molar-refractivity contribution in [2.45, 2.75) is 33.1 Å². The van der Waals surface area contributed by atoms with Crippen LogP contribution in [0.1, 0.15) is 51.1 Å². The van der Waals surface area contributed by atoms with Gasteiger partial charge < -0.3 is 10.2 Å². The predicted octanol–water partition coefficient (Wildman–Crippen LogP) is 5.82. The first-order valence-corrected chi connectivity index (χ1v) is 11.7. The molecule has 7 nitrogen and oxygen atoms in total. The largest absolute Gasteiger partial charge is 0.339 e. The number of benzene rings is 2. The lowest BCUT2D eigenvalue weighted by Gasteiger charge is -2.27. The minimum atomic E-state index is -0.500. The van der Waals surface area contributed by atoms with Crippen LogP contribution in [0.2, 0.25) is 0 Å². The number of carbonyl (C=O) groups is 2. The van der Waals surface area contributed by atoms with Crippen molar-refractivity contribution in [2.75, 3.05) is 18.4 Å². The molecule has 8 heteroatoms. The number of amides is 2. The Morgan fingerprint density at radius 3 is 2.33 bits per heavy atom. The van der Waals surface area contributed by atoms with Crippen molar-refractivity contribution in [3.63, 3.8) is 0 Å². The fraction of sp³-hybridized carbons (Fsp3) is 0.280. The summed E-state index contributed by atoms with van der Waals surface area (Å²) in [4.78, 5) is 40.2. The zero-order chi connectivity index (χ0) is 23.5. The Hall–Kier alpha value is -3.52. The van der Waals surface area contributed by atoms with Crippen molar-refractivity contribution in [2.24, 2.45) is 0 Å². The van der Waals surface area contributed by atoms with Gasteiger partial charge in [0.2, 0.25) is 0 Å². The first-order chi connectivity index (χ1) is 15.9. The van der Waals surface area contributed by atoms with Crippen molar-refractivity contribution in [3.8, 4) is 10.4 Å². The van der Waals surface area contributed by atoms with Gasteiger partial charge in [-0.1, -0.05) is 36.4 Å². The zero-order valence-corrected chi connectivity index (χ0v) is 19.4. The molecule has 0 aliphatic carbocycles. The molecule has 170 valence electrons. The lowest BCUT2D eigenvalue weighted by atomic mass is 10.0. The van der Waals surface area contributed by atoms with Gasteiger partial charge in [0, 0.05) is 35.2 Å². The third kappa shape index (κ3) is 4.52. The highest BCUT2D eigenvalue weighted by Gasteiger charge is 2.28. The number of anilines is 1. The molecule has 0 atom stereocenters. The Labute approximate surface area is 196 Å². The molecule has 1 aromatic heterocycles. The third-order valence-electron chi connectivity index (χ3n) is 6.01. The molecule has 2 heterocycles. The summed E-state index contributed by atoms with van der Waals surface area (Å²) < 4.78 is 0. The standard InChI is InChI=1S/C25H25N3O4S/c1-16-19(12-9-13-20(16)28(31)32)23(29)26-24-21(25(30)27-14-7-4-8-15-27)17(2)22(33-24)18-10-5-3-6-11-18/h3,5-6,9-13H,4,7-8,14-15H2,1-2H3,(H,26,29). The Morgan fingerprint density at radius 1 is 0.970 bits per heavy atom. The van der Waals surface area contributed by atoms with Crippen LogP contribution in [0.25, 0.3) is 10.4 Å². The van der Waals surface area contributed by atoms with Gasteiger partial charge in [0.1, 0.15) is 5.00 Å². The van der Waals surface area contributed by atoms with Crippen LogP contribution in [-0.4, -0.2) is 34.7 Å². The van der Waals surface area contributed by atoms with Crippen molar-refractivity contribution in [1.29, 1.82) is 0 Å².